The third kappa shape index (κ3) is 3.92. The summed E-state index contributed by atoms with van der Waals surface area (Å²) in [5.74, 6) is -0.396. The van der Waals surface area contributed by atoms with E-state index in [1.807, 2.05) is 24.3 Å². The standard InChI is InChI=1S/C19H19ClN4O2/c1-2-13-7-9-14(10-8-13)11-21-19(26)18-16(12-25)22-24(23-18)17-6-4-3-5-15(17)20/h3-10,25H,2,11-12H2,1H3,(H,21,26). The van der Waals surface area contributed by atoms with Gasteiger partial charge in [0.15, 0.2) is 5.69 Å². The highest BCUT2D eigenvalue weighted by Gasteiger charge is 2.19. The third-order valence-corrected chi connectivity index (χ3v) is 4.32. The molecule has 0 radical (unpaired) electrons. The number of carbonyl (C=O) groups excluding carboxylic acids is 1. The maximum atomic E-state index is 12.5. The predicted molar refractivity (Wildman–Crippen MR) is 99.3 cm³/mol. The molecule has 3 aromatic rings. The van der Waals surface area contributed by atoms with E-state index in [2.05, 4.69) is 22.4 Å². The van der Waals surface area contributed by atoms with E-state index >= 15 is 0 Å². The Morgan fingerprint density at radius 3 is 2.46 bits per heavy atom. The van der Waals surface area contributed by atoms with Crippen LogP contribution in [-0.4, -0.2) is 26.0 Å². The van der Waals surface area contributed by atoms with Gasteiger partial charge >= 0.3 is 0 Å². The van der Waals surface area contributed by atoms with Gasteiger partial charge < -0.3 is 10.4 Å². The van der Waals surface area contributed by atoms with E-state index in [4.69, 9.17) is 11.6 Å². The van der Waals surface area contributed by atoms with Crippen molar-refractivity contribution in [3.05, 3.63) is 76.1 Å². The first-order chi connectivity index (χ1) is 12.6. The number of hydrogen-bond acceptors (Lipinski definition) is 4. The molecule has 0 saturated heterocycles. The summed E-state index contributed by atoms with van der Waals surface area (Å²) in [4.78, 5) is 13.7. The summed E-state index contributed by atoms with van der Waals surface area (Å²) in [6.45, 7) is 2.07. The van der Waals surface area contributed by atoms with E-state index in [1.165, 1.54) is 10.4 Å². The molecule has 1 heterocycles. The van der Waals surface area contributed by atoms with Crippen LogP contribution in [0.4, 0.5) is 0 Å². The number of aromatic nitrogens is 3. The quantitative estimate of drug-likeness (QED) is 0.699. The number of hydrogen-bond donors (Lipinski definition) is 2. The second-order valence-electron chi connectivity index (χ2n) is 5.75. The third-order valence-electron chi connectivity index (χ3n) is 4.00. The molecule has 0 bridgehead atoms. The van der Waals surface area contributed by atoms with Crippen LogP contribution in [0.3, 0.4) is 0 Å². The van der Waals surface area contributed by atoms with E-state index in [0.717, 1.165) is 12.0 Å². The summed E-state index contributed by atoms with van der Waals surface area (Å²) in [7, 11) is 0. The molecule has 7 heteroatoms. The van der Waals surface area contributed by atoms with Gasteiger partial charge in [-0.05, 0) is 29.7 Å². The maximum Gasteiger partial charge on any atom is 0.274 e. The molecule has 0 unspecified atom stereocenters. The number of para-hydroxylation sites is 1. The number of rotatable bonds is 6. The first-order valence-electron chi connectivity index (χ1n) is 8.30. The zero-order valence-corrected chi connectivity index (χ0v) is 15.1. The second kappa shape index (κ2) is 8.12. The Morgan fingerprint density at radius 2 is 1.81 bits per heavy atom. The molecule has 2 N–H and O–H groups in total. The zero-order valence-electron chi connectivity index (χ0n) is 14.3. The molecule has 134 valence electrons. The van der Waals surface area contributed by atoms with Crippen LogP contribution in [0.1, 0.15) is 34.2 Å². The minimum Gasteiger partial charge on any atom is -0.390 e. The number of amides is 1. The molecule has 1 aromatic heterocycles. The number of carbonyl (C=O) groups is 1. The Bertz CT molecular complexity index is 906. The fraction of sp³-hybridized carbons (Fsp3) is 0.211. The number of benzene rings is 2. The molecule has 0 aliphatic heterocycles. The SMILES string of the molecule is CCc1ccc(CNC(=O)c2nn(-c3ccccc3Cl)nc2CO)cc1. The Morgan fingerprint density at radius 1 is 1.12 bits per heavy atom. The number of nitrogens with zero attached hydrogens (tertiary/aromatic N) is 3. The molecule has 0 atom stereocenters. The minimum absolute atomic E-state index is 0.0811. The van der Waals surface area contributed by atoms with Crippen LogP contribution < -0.4 is 5.32 Å². The van der Waals surface area contributed by atoms with E-state index in [9.17, 15) is 9.90 Å². The number of nitrogens with one attached hydrogen (secondary N) is 1. The van der Waals surface area contributed by atoms with Crippen LogP contribution in [0.15, 0.2) is 48.5 Å². The van der Waals surface area contributed by atoms with Gasteiger partial charge in [-0.2, -0.15) is 0 Å². The van der Waals surface area contributed by atoms with Crippen LogP contribution in [-0.2, 0) is 19.6 Å². The smallest absolute Gasteiger partial charge is 0.274 e. The highest BCUT2D eigenvalue weighted by atomic mass is 35.5. The lowest BCUT2D eigenvalue weighted by atomic mass is 10.1. The van der Waals surface area contributed by atoms with Gasteiger partial charge in [0.2, 0.25) is 0 Å². The van der Waals surface area contributed by atoms with Gasteiger partial charge in [0.25, 0.3) is 5.91 Å². The molecule has 0 spiro atoms. The second-order valence-corrected chi connectivity index (χ2v) is 6.15. The van der Waals surface area contributed by atoms with Crippen LogP contribution in [0.25, 0.3) is 5.69 Å². The number of aliphatic hydroxyl groups is 1. The Labute approximate surface area is 156 Å². The van der Waals surface area contributed by atoms with Crippen molar-refractivity contribution < 1.29 is 9.90 Å². The van der Waals surface area contributed by atoms with Crippen molar-refractivity contribution in [1.82, 2.24) is 20.3 Å². The van der Waals surface area contributed by atoms with Crippen LogP contribution in [0.5, 0.6) is 0 Å². The van der Waals surface area contributed by atoms with Gasteiger partial charge in [-0.15, -0.1) is 15.0 Å². The molecule has 0 aliphatic rings. The summed E-state index contributed by atoms with van der Waals surface area (Å²) in [5.41, 5.74) is 3.05. The Balaban J connectivity index is 1.77. The molecular weight excluding hydrogens is 352 g/mol. The topological polar surface area (TPSA) is 80.0 Å². The molecule has 0 aliphatic carbocycles. The average molecular weight is 371 g/mol. The van der Waals surface area contributed by atoms with E-state index in [0.29, 0.717) is 17.3 Å². The van der Waals surface area contributed by atoms with E-state index < -0.39 is 12.5 Å². The molecule has 0 saturated carbocycles. The summed E-state index contributed by atoms with van der Waals surface area (Å²) < 4.78 is 0. The molecule has 26 heavy (non-hydrogen) atoms. The summed E-state index contributed by atoms with van der Waals surface area (Å²) in [5, 5.41) is 21.1. The van der Waals surface area contributed by atoms with Crippen LogP contribution in [0, 0.1) is 0 Å². The monoisotopic (exact) mass is 370 g/mol. The van der Waals surface area contributed by atoms with Crippen molar-refractivity contribution in [2.45, 2.75) is 26.5 Å². The lowest BCUT2D eigenvalue weighted by Crippen LogP contribution is -2.24. The summed E-state index contributed by atoms with van der Waals surface area (Å²) in [6.07, 6.45) is 0.970. The molecule has 6 nitrogen and oxygen atoms in total. The van der Waals surface area contributed by atoms with Gasteiger partial charge in [-0.3, -0.25) is 4.79 Å². The highest BCUT2D eigenvalue weighted by Crippen LogP contribution is 2.19. The zero-order chi connectivity index (χ0) is 18.5. The number of aliphatic hydroxyl groups excluding tert-OH is 1. The van der Waals surface area contributed by atoms with Gasteiger partial charge in [0, 0.05) is 6.54 Å². The van der Waals surface area contributed by atoms with Gasteiger partial charge in [0.05, 0.1) is 11.6 Å². The lowest BCUT2D eigenvalue weighted by molar-refractivity contribution is 0.0942. The normalized spacial score (nSPS) is 10.7. The number of aryl methyl sites for hydroxylation is 1. The lowest BCUT2D eigenvalue weighted by Gasteiger charge is -2.05. The fourth-order valence-electron chi connectivity index (χ4n) is 2.50. The van der Waals surface area contributed by atoms with Gasteiger partial charge in [0.1, 0.15) is 11.4 Å². The summed E-state index contributed by atoms with van der Waals surface area (Å²) in [6, 6.07) is 15.1. The molecule has 0 fully saturated rings. The van der Waals surface area contributed by atoms with Crippen molar-refractivity contribution in [2.75, 3.05) is 0 Å². The maximum absolute atomic E-state index is 12.5. The minimum atomic E-state index is -0.396. The molecule has 1 amide bonds. The average Bonchev–Trinajstić information content (AvgIpc) is 3.11. The van der Waals surface area contributed by atoms with E-state index in [1.54, 1.807) is 24.3 Å². The van der Waals surface area contributed by atoms with Gasteiger partial charge in [-0.1, -0.05) is 54.9 Å². The molecular formula is C19H19ClN4O2. The van der Waals surface area contributed by atoms with E-state index in [-0.39, 0.29) is 11.4 Å². The largest absolute Gasteiger partial charge is 0.390 e. The predicted octanol–water partition coefficient (Wildman–Crippen LogP) is 2.91. The number of halogens is 1. The Kier molecular flexibility index (Phi) is 5.65. The first-order valence-corrected chi connectivity index (χ1v) is 8.68. The highest BCUT2D eigenvalue weighted by molar-refractivity contribution is 6.32. The molecule has 3 rings (SSSR count). The fourth-order valence-corrected chi connectivity index (χ4v) is 2.71. The van der Waals surface area contributed by atoms with Crippen molar-refractivity contribution in [3.8, 4) is 5.69 Å². The first kappa shape index (κ1) is 18.1. The van der Waals surface area contributed by atoms with Crippen molar-refractivity contribution in [2.24, 2.45) is 0 Å². The van der Waals surface area contributed by atoms with Crippen molar-refractivity contribution in [3.63, 3.8) is 0 Å². The Hall–Kier alpha value is -2.70. The van der Waals surface area contributed by atoms with Crippen molar-refractivity contribution in [1.29, 1.82) is 0 Å². The van der Waals surface area contributed by atoms with Crippen LogP contribution >= 0.6 is 11.6 Å². The summed E-state index contributed by atoms with van der Waals surface area (Å²) >= 11 is 6.15. The van der Waals surface area contributed by atoms with Gasteiger partial charge in [-0.25, -0.2) is 0 Å². The van der Waals surface area contributed by atoms with Crippen molar-refractivity contribution >= 4 is 17.5 Å². The molecule has 2 aromatic carbocycles. The van der Waals surface area contributed by atoms with Crippen LogP contribution in [0.2, 0.25) is 5.02 Å².